The van der Waals surface area contributed by atoms with Gasteiger partial charge in [-0.25, -0.2) is 0 Å². The molecule has 2 heteroatoms. The molecule has 0 fully saturated rings. The van der Waals surface area contributed by atoms with E-state index in [0.717, 1.165) is 12.2 Å². The van der Waals surface area contributed by atoms with Gasteiger partial charge in [-0.3, -0.25) is 10.4 Å². The van der Waals surface area contributed by atoms with Crippen molar-refractivity contribution in [2.75, 3.05) is 17.0 Å². The van der Waals surface area contributed by atoms with Crippen LogP contribution < -0.4 is 10.4 Å². The van der Waals surface area contributed by atoms with Gasteiger partial charge in [0.15, 0.2) is 0 Å². The van der Waals surface area contributed by atoms with Crippen molar-refractivity contribution in [2.24, 2.45) is 0 Å². The van der Waals surface area contributed by atoms with Gasteiger partial charge in [-0.1, -0.05) is 42.5 Å². The zero-order valence-corrected chi connectivity index (χ0v) is 10.6. The molecule has 0 saturated carbocycles. The summed E-state index contributed by atoms with van der Waals surface area (Å²) in [4.78, 5) is 0. The van der Waals surface area contributed by atoms with Crippen molar-refractivity contribution in [1.29, 1.82) is 0 Å². The van der Waals surface area contributed by atoms with Crippen LogP contribution in [-0.2, 0) is 0 Å². The second-order valence-corrected chi connectivity index (χ2v) is 4.16. The van der Waals surface area contributed by atoms with E-state index >= 15 is 0 Å². The van der Waals surface area contributed by atoms with E-state index in [9.17, 15) is 0 Å². The first-order valence-electron chi connectivity index (χ1n) is 6.07. The van der Waals surface area contributed by atoms with Crippen LogP contribution in [0.1, 0.15) is 5.56 Å². The molecule has 2 aromatic rings. The average molecular weight is 238 g/mol. The highest BCUT2D eigenvalue weighted by atomic mass is 15.5. The first kappa shape index (κ1) is 12.2. The standard InChI is InChI=1S/C16H18N2/c1-3-13-18(16-12-8-7-9-14(16)2)17-15-10-5-4-6-11-15/h3-12,17H,1,13H2,2H3. The second kappa shape index (κ2) is 5.92. The molecule has 0 bridgehead atoms. The first-order chi connectivity index (χ1) is 8.81. The largest absolute Gasteiger partial charge is 0.298 e. The number of para-hydroxylation sites is 2. The minimum atomic E-state index is 0.750. The fourth-order valence-electron chi connectivity index (χ4n) is 1.87. The van der Waals surface area contributed by atoms with Crippen LogP contribution in [0.15, 0.2) is 67.3 Å². The summed E-state index contributed by atoms with van der Waals surface area (Å²) in [7, 11) is 0. The molecule has 0 atom stereocenters. The van der Waals surface area contributed by atoms with E-state index in [1.807, 2.05) is 48.5 Å². The Bertz CT molecular complexity index is 506. The topological polar surface area (TPSA) is 15.3 Å². The molecular formula is C16H18N2. The Kier molecular flexibility index (Phi) is 4.02. The van der Waals surface area contributed by atoms with Gasteiger partial charge in [0.1, 0.15) is 0 Å². The Balaban J connectivity index is 2.24. The van der Waals surface area contributed by atoms with Gasteiger partial charge in [-0.15, -0.1) is 6.58 Å². The van der Waals surface area contributed by atoms with E-state index in [2.05, 4.69) is 36.1 Å². The molecule has 1 N–H and O–H groups in total. The summed E-state index contributed by atoms with van der Waals surface area (Å²) in [5.41, 5.74) is 6.88. The lowest BCUT2D eigenvalue weighted by Crippen LogP contribution is -2.30. The SMILES string of the molecule is C=CCN(Nc1ccccc1)c1ccccc1C. The second-order valence-electron chi connectivity index (χ2n) is 4.16. The summed E-state index contributed by atoms with van der Waals surface area (Å²) < 4.78 is 0. The average Bonchev–Trinajstić information content (AvgIpc) is 2.40. The lowest BCUT2D eigenvalue weighted by atomic mass is 10.2. The third kappa shape index (κ3) is 2.92. The van der Waals surface area contributed by atoms with Gasteiger partial charge in [-0.2, -0.15) is 0 Å². The van der Waals surface area contributed by atoms with Crippen molar-refractivity contribution in [3.8, 4) is 0 Å². The van der Waals surface area contributed by atoms with E-state index in [4.69, 9.17) is 0 Å². The van der Waals surface area contributed by atoms with Crippen LogP contribution in [0, 0.1) is 6.92 Å². The maximum absolute atomic E-state index is 3.82. The molecule has 2 aromatic carbocycles. The Morgan fingerprint density at radius 2 is 1.72 bits per heavy atom. The van der Waals surface area contributed by atoms with Gasteiger partial charge in [0.25, 0.3) is 0 Å². The number of hydrazine groups is 1. The molecular weight excluding hydrogens is 220 g/mol. The number of aryl methyl sites for hydroxylation is 1. The van der Waals surface area contributed by atoms with Gasteiger partial charge in [-0.05, 0) is 30.7 Å². The number of benzene rings is 2. The highest BCUT2D eigenvalue weighted by Crippen LogP contribution is 2.20. The molecule has 0 saturated heterocycles. The van der Waals surface area contributed by atoms with Crippen LogP contribution in [0.5, 0.6) is 0 Å². The molecule has 0 aliphatic heterocycles. The van der Waals surface area contributed by atoms with Crippen LogP contribution in [0.3, 0.4) is 0 Å². The molecule has 0 spiro atoms. The normalized spacial score (nSPS) is 9.83. The Labute approximate surface area is 109 Å². The Morgan fingerprint density at radius 1 is 1.06 bits per heavy atom. The van der Waals surface area contributed by atoms with Crippen LogP contribution in [-0.4, -0.2) is 6.54 Å². The third-order valence-electron chi connectivity index (χ3n) is 2.76. The van der Waals surface area contributed by atoms with Crippen molar-refractivity contribution in [3.05, 3.63) is 72.8 Å². The quantitative estimate of drug-likeness (QED) is 0.625. The summed E-state index contributed by atoms with van der Waals surface area (Å²) in [5.74, 6) is 0. The highest BCUT2D eigenvalue weighted by Gasteiger charge is 2.06. The van der Waals surface area contributed by atoms with Gasteiger partial charge in [0.05, 0.1) is 17.9 Å². The molecule has 92 valence electrons. The monoisotopic (exact) mass is 238 g/mol. The van der Waals surface area contributed by atoms with Gasteiger partial charge >= 0.3 is 0 Å². The molecule has 0 heterocycles. The maximum atomic E-state index is 3.82. The molecule has 18 heavy (non-hydrogen) atoms. The van der Waals surface area contributed by atoms with Crippen molar-refractivity contribution in [1.82, 2.24) is 0 Å². The lowest BCUT2D eigenvalue weighted by Gasteiger charge is -2.26. The van der Waals surface area contributed by atoms with Crippen LogP contribution in [0.4, 0.5) is 11.4 Å². The minimum absolute atomic E-state index is 0.750. The zero-order chi connectivity index (χ0) is 12.8. The van der Waals surface area contributed by atoms with Gasteiger partial charge in [0.2, 0.25) is 0 Å². The van der Waals surface area contributed by atoms with Gasteiger partial charge < -0.3 is 0 Å². The predicted octanol–water partition coefficient (Wildman–Crippen LogP) is 4.01. The molecule has 0 aliphatic rings. The predicted molar refractivity (Wildman–Crippen MR) is 78.8 cm³/mol. The molecule has 2 rings (SSSR count). The summed E-state index contributed by atoms with van der Waals surface area (Å²) in [5, 5.41) is 2.09. The number of hydrogen-bond acceptors (Lipinski definition) is 2. The van der Waals surface area contributed by atoms with Crippen molar-refractivity contribution in [2.45, 2.75) is 6.92 Å². The summed E-state index contributed by atoms with van der Waals surface area (Å²) in [6.07, 6.45) is 1.89. The zero-order valence-electron chi connectivity index (χ0n) is 10.6. The molecule has 0 radical (unpaired) electrons. The van der Waals surface area contributed by atoms with E-state index in [1.165, 1.54) is 11.3 Å². The van der Waals surface area contributed by atoms with Crippen LogP contribution in [0.25, 0.3) is 0 Å². The Morgan fingerprint density at radius 3 is 2.39 bits per heavy atom. The fraction of sp³-hybridized carbons (Fsp3) is 0.125. The fourth-order valence-corrected chi connectivity index (χ4v) is 1.87. The van der Waals surface area contributed by atoms with E-state index in [0.29, 0.717) is 0 Å². The first-order valence-corrected chi connectivity index (χ1v) is 6.07. The van der Waals surface area contributed by atoms with E-state index in [-0.39, 0.29) is 0 Å². The molecule has 2 nitrogen and oxygen atoms in total. The highest BCUT2D eigenvalue weighted by molar-refractivity contribution is 5.59. The molecule has 0 amide bonds. The Hall–Kier alpha value is -2.22. The van der Waals surface area contributed by atoms with E-state index < -0.39 is 0 Å². The summed E-state index contributed by atoms with van der Waals surface area (Å²) in [6.45, 7) is 6.67. The summed E-state index contributed by atoms with van der Waals surface area (Å²) in [6, 6.07) is 18.5. The third-order valence-corrected chi connectivity index (χ3v) is 2.76. The molecule has 0 aromatic heterocycles. The summed E-state index contributed by atoms with van der Waals surface area (Å²) >= 11 is 0. The number of hydrogen-bond donors (Lipinski definition) is 1. The maximum Gasteiger partial charge on any atom is 0.0604 e. The number of nitrogens with one attached hydrogen (secondary N) is 1. The van der Waals surface area contributed by atoms with Crippen molar-refractivity contribution in [3.63, 3.8) is 0 Å². The van der Waals surface area contributed by atoms with Crippen LogP contribution >= 0.6 is 0 Å². The molecule has 0 aliphatic carbocycles. The van der Waals surface area contributed by atoms with Crippen LogP contribution in [0.2, 0.25) is 0 Å². The lowest BCUT2D eigenvalue weighted by molar-refractivity contribution is 0.997. The van der Waals surface area contributed by atoms with Gasteiger partial charge in [0, 0.05) is 0 Å². The minimum Gasteiger partial charge on any atom is -0.298 e. The smallest absolute Gasteiger partial charge is 0.0604 e. The van der Waals surface area contributed by atoms with Crippen molar-refractivity contribution < 1.29 is 0 Å². The number of rotatable bonds is 5. The number of anilines is 2. The van der Waals surface area contributed by atoms with Crippen molar-refractivity contribution >= 4 is 11.4 Å². The number of nitrogens with zero attached hydrogens (tertiary/aromatic N) is 1. The van der Waals surface area contributed by atoms with E-state index in [1.54, 1.807) is 0 Å². The molecule has 0 unspecified atom stereocenters.